The van der Waals surface area contributed by atoms with Crippen molar-refractivity contribution >= 4 is 6.29 Å². The molecule has 1 aromatic rings. The molecule has 2 rings (SSSR count). The second-order valence-electron chi connectivity index (χ2n) is 5.11. The van der Waals surface area contributed by atoms with Crippen molar-refractivity contribution in [2.45, 2.75) is 31.1 Å². The summed E-state index contributed by atoms with van der Waals surface area (Å²) in [6.07, 6.45) is 5.31. The summed E-state index contributed by atoms with van der Waals surface area (Å²) in [6, 6.07) is 3.86. The first-order valence-corrected chi connectivity index (χ1v) is 6.62. The molecule has 0 unspecified atom stereocenters. The molecule has 4 heteroatoms. The van der Waals surface area contributed by atoms with Crippen LogP contribution in [0.2, 0.25) is 0 Å². The van der Waals surface area contributed by atoms with Crippen LogP contribution in [-0.2, 0) is 5.41 Å². The number of rotatable bonds is 5. The van der Waals surface area contributed by atoms with Gasteiger partial charge in [-0.1, -0.05) is 12.8 Å². The Balaban J connectivity index is 2.55. The van der Waals surface area contributed by atoms with Crippen LogP contribution in [0.3, 0.4) is 0 Å². The van der Waals surface area contributed by atoms with Crippen LogP contribution in [-0.4, -0.2) is 27.1 Å². The predicted molar refractivity (Wildman–Crippen MR) is 74.1 cm³/mol. The maximum absolute atomic E-state index is 11.2. The third kappa shape index (κ3) is 2.32. The molecule has 1 aliphatic rings. The highest BCUT2D eigenvalue weighted by Crippen LogP contribution is 2.43. The topological polar surface area (TPSA) is 61.5 Å². The van der Waals surface area contributed by atoms with Gasteiger partial charge in [0, 0.05) is 12.0 Å². The smallest absolute Gasteiger partial charge is 0.171 e. The van der Waals surface area contributed by atoms with Gasteiger partial charge in [0.15, 0.2) is 17.8 Å². The van der Waals surface area contributed by atoms with E-state index in [9.17, 15) is 4.79 Å². The Kier molecular flexibility index (Phi) is 4.10. The molecule has 0 atom stereocenters. The lowest BCUT2D eigenvalue weighted by atomic mass is 9.78. The van der Waals surface area contributed by atoms with Gasteiger partial charge in [0.2, 0.25) is 0 Å². The van der Waals surface area contributed by atoms with Crippen molar-refractivity contribution in [3.05, 3.63) is 23.3 Å². The Morgan fingerprint density at radius 3 is 2.42 bits per heavy atom. The second-order valence-corrected chi connectivity index (χ2v) is 5.11. The summed E-state index contributed by atoms with van der Waals surface area (Å²) in [6.45, 7) is 0.598. The zero-order chi connectivity index (χ0) is 13.9. The second kappa shape index (κ2) is 5.61. The van der Waals surface area contributed by atoms with Gasteiger partial charge >= 0.3 is 0 Å². The molecule has 4 nitrogen and oxygen atoms in total. The standard InChI is InChI=1S/C15H21NO3/c1-18-13-8-12(7-11(9-17)14(13)19-2)15(10-16)5-3-4-6-15/h7-9H,3-6,10,16H2,1-2H3. The Morgan fingerprint density at radius 1 is 1.26 bits per heavy atom. The maximum atomic E-state index is 11.2. The minimum Gasteiger partial charge on any atom is -0.493 e. The molecule has 2 N–H and O–H groups in total. The monoisotopic (exact) mass is 263 g/mol. The van der Waals surface area contributed by atoms with Crippen LogP contribution < -0.4 is 15.2 Å². The van der Waals surface area contributed by atoms with Gasteiger partial charge in [-0.3, -0.25) is 4.79 Å². The molecule has 0 saturated heterocycles. The fourth-order valence-electron chi connectivity index (χ4n) is 3.05. The van der Waals surface area contributed by atoms with E-state index in [1.807, 2.05) is 12.1 Å². The molecule has 0 radical (unpaired) electrons. The molecule has 0 spiro atoms. The van der Waals surface area contributed by atoms with Gasteiger partial charge in [-0.25, -0.2) is 0 Å². The van der Waals surface area contributed by atoms with Gasteiger partial charge in [-0.2, -0.15) is 0 Å². The van der Waals surface area contributed by atoms with Crippen LogP contribution >= 0.6 is 0 Å². The maximum Gasteiger partial charge on any atom is 0.171 e. The zero-order valence-electron chi connectivity index (χ0n) is 11.6. The third-order valence-electron chi connectivity index (χ3n) is 4.20. The Hall–Kier alpha value is -1.55. The van der Waals surface area contributed by atoms with Crippen LogP contribution in [0.1, 0.15) is 41.6 Å². The highest BCUT2D eigenvalue weighted by molar-refractivity contribution is 5.82. The number of methoxy groups -OCH3 is 2. The van der Waals surface area contributed by atoms with Crippen molar-refractivity contribution in [2.24, 2.45) is 5.73 Å². The van der Waals surface area contributed by atoms with E-state index in [1.54, 1.807) is 14.2 Å². The van der Waals surface area contributed by atoms with Crippen LogP contribution in [0.4, 0.5) is 0 Å². The van der Waals surface area contributed by atoms with Gasteiger partial charge in [0.05, 0.1) is 19.8 Å². The van der Waals surface area contributed by atoms with E-state index in [4.69, 9.17) is 15.2 Å². The van der Waals surface area contributed by atoms with Crippen LogP contribution in [0.5, 0.6) is 11.5 Å². The van der Waals surface area contributed by atoms with Gasteiger partial charge in [-0.05, 0) is 30.5 Å². The SMILES string of the molecule is COc1cc(C2(CN)CCCC2)cc(C=O)c1OC. The quantitative estimate of drug-likeness (QED) is 0.828. The van der Waals surface area contributed by atoms with Crippen LogP contribution in [0.15, 0.2) is 12.1 Å². The molecular formula is C15H21NO3. The van der Waals surface area contributed by atoms with E-state index in [1.165, 1.54) is 12.8 Å². The highest BCUT2D eigenvalue weighted by Gasteiger charge is 2.35. The summed E-state index contributed by atoms with van der Waals surface area (Å²) in [4.78, 5) is 11.2. The normalized spacial score (nSPS) is 17.2. The molecule has 0 aromatic heterocycles. The van der Waals surface area contributed by atoms with Crippen LogP contribution in [0, 0.1) is 0 Å². The van der Waals surface area contributed by atoms with Crippen molar-refractivity contribution in [1.29, 1.82) is 0 Å². The Labute approximate surface area is 113 Å². The van der Waals surface area contributed by atoms with E-state index >= 15 is 0 Å². The summed E-state index contributed by atoms with van der Waals surface area (Å²) < 4.78 is 10.6. The van der Waals surface area contributed by atoms with E-state index in [-0.39, 0.29) is 5.41 Å². The molecule has 0 aliphatic heterocycles. The largest absolute Gasteiger partial charge is 0.493 e. The minimum absolute atomic E-state index is 0.0166. The molecule has 0 bridgehead atoms. The first kappa shape index (κ1) is 13.9. The highest BCUT2D eigenvalue weighted by atomic mass is 16.5. The predicted octanol–water partition coefficient (Wildman–Crippen LogP) is 2.29. The third-order valence-corrected chi connectivity index (χ3v) is 4.20. The number of aldehydes is 1. The summed E-state index contributed by atoms with van der Waals surface area (Å²) >= 11 is 0. The van der Waals surface area contributed by atoms with Crippen molar-refractivity contribution in [1.82, 2.24) is 0 Å². The number of nitrogens with two attached hydrogens (primary N) is 1. The molecule has 1 fully saturated rings. The van der Waals surface area contributed by atoms with Crippen LogP contribution in [0.25, 0.3) is 0 Å². The zero-order valence-corrected chi connectivity index (χ0v) is 11.6. The number of benzene rings is 1. The number of hydrogen-bond acceptors (Lipinski definition) is 4. The summed E-state index contributed by atoms with van der Waals surface area (Å²) in [5, 5.41) is 0. The molecule has 1 aliphatic carbocycles. The molecule has 1 aromatic carbocycles. The van der Waals surface area contributed by atoms with E-state index in [2.05, 4.69) is 0 Å². The van der Waals surface area contributed by atoms with Gasteiger partial charge in [-0.15, -0.1) is 0 Å². The first-order chi connectivity index (χ1) is 9.20. The minimum atomic E-state index is -0.0166. The van der Waals surface area contributed by atoms with Crippen molar-refractivity contribution in [3.8, 4) is 11.5 Å². The average molecular weight is 263 g/mol. The molecule has 1 saturated carbocycles. The molecule has 0 heterocycles. The average Bonchev–Trinajstić information content (AvgIpc) is 2.95. The van der Waals surface area contributed by atoms with Gasteiger partial charge < -0.3 is 15.2 Å². The molecule has 19 heavy (non-hydrogen) atoms. The number of ether oxygens (including phenoxy) is 2. The van der Waals surface area contributed by atoms with Crippen molar-refractivity contribution in [3.63, 3.8) is 0 Å². The summed E-state index contributed by atoms with van der Waals surface area (Å²) in [7, 11) is 3.12. The number of carbonyl (C=O) groups is 1. The lowest BCUT2D eigenvalue weighted by Crippen LogP contribution is -2.32. The van der Waals surface area contributed by atoms with Gasteiger partial charge in [0.1, 0.15) is 0 Å². The molecule has 104 valence electrons. The molecular weight excluding hydrogens is 242 g/mol. The number of hydrogen-bond donors (Lipinski definition) is 1. The summed E-state index contributed by atoms with van der Waals surface area (Å²) in [5.74, 6) is 1.09. The lowest BCUT2D eigenvalue weighted by molar-refractivity contribution is 0.111. The lowest BCUT2D eigenvalue weighted by Gasteiger charge is -2.29. The van der Waals surface area contributed by atoms with E-state index in [0.29, 0.717) is 23.6 Å². The van der Waals surface area contributed by atoms with E-state index < -0.39 is 0 Å². The fourth-order valence-corrected chi connectivity index (χ4v) is 3.05. The Bertz CT molecular complexity index is 465. The van der Waals surface area contributed by atoms with Gasteiger partial charge in [0.25, 0.3) is 0 Å². The Morgan fingerprint density at radius 2 is 1.95 bits per heavy atom. The first-order valence-electron chi connectivity index (χ1n) is 6.62. The molecule has 0 amide bonds. The van der Waals surface area contributed by atoms with E-state index in [0.717, 1.165) is 24.7 Å². The van der Waals surface area contributed by atoms with Crippen molar-refractivity contribution < 1.29 is 14.3 Å². The summed E-state index contributed by atoms with van der Waals surface area (Å²) in [5.41, 5.74) is 7.59. The van der Waals surface area contributed by atoms with Crippen molar-refractivity contribution in [2.75, 3.05) is 20.8 Å². The fraction of sp³-hybridized carbons (Fsp3) is 0.533. The number of carbonyl (C=O) groups excluding carboxylic acids is 1.